The van der Waals surface area contributed by atoms with Crippen LogP contribution in [0.5, 0.6) is 5.75 Å². The van der Waals surface area contributed by atoms with Crippen LogP contribution in [0, 0.1) is 6.92 Å². The first-order valence-corrected chi connectivity index (χ1v) is 7.76. The van der Waals surface area contributed by atoms with E-state index in [1.807, 2.05) is 19.1 Å². The molecule has 26 heavy (non-hydrogen) atoms. The fourth-order valence-electron chi connectivity index (χ4n) is 1.83. The summed E-state index contributed by atoms with van der Waals surface area (Å²) < 4.78 is 15.2. The Morgan fingerprint density at radius 2 is 1.88 bits per heavy atom. The third kappa shape index (κ3) is 6.46. The maximum Gasteiger partial charge on any atom is 0.377 e. The molecule has 0 aliphatic heterocycles. The molecule has 0 radical (unpaired) electrons. The van der Waals surface area contributed by atoms with E-state index in [9.17, 15) is 4.79 Å². The van der Waals surface area contributed by atoms with Crippen molar-refractivity contribution in [3.05, 3.63) is 41.3 Å². The van der Waals surface area contributed by atoms with Gasteiger partial charge in [-0.15, -0.1) is 0 Å². The van der Waals surface area contributed by atoms with Crippen LogP contribution in [0.25, 0.3) is 0 Å². The lowest BCUT2D eigenvalue weighted by Crippen LogP contribution is -2.12. The van der Waals surface area contributed by atoms with Crippen molar-refractivity contribution < 1.29 is 28.7 Å². The Labute approximate surface area is 153 Å². The van der Waals surface area contributed by atoms with Crippen molar-refractivity contribution in [1.82, 2.24) is 0 Å². The molecule has 8 nitrogen and oxygen atoms in total. The van der Waals surface area contributed by atoms with E-state index in [0.29, 0.717) is 17.2 Å². The SMILES string of the molecule is COC=C(Oc1cc(C(C)=NOCC(C)=NOC)ccc1C)C(=O)OC. The highest BCUT2D eigenvalue weighted by molar-refractivity contribution is 5.99. The summed E-state index contributed by atoms with van der Waals surface area (Å²) in [5.74, 6) is -0.228. The Morgan fingerprint density at radius 3 is 2.50 bits per heavy atom. The molecule has 0 saturated carbocycles. The van der Waals surface area contributed by atoms with Crippen molar-refractivity contribution in [3.8, 4) is 5.75 Å². The average molecular weight is 364 g/mol. The van der Waals surface area contributed by atoms with Crippen LogP contribution in [0.4, 0.5) is 0 Å². The standard InChI is InChI=1S/C18H24N2O6/c1-12-7-8-15(14(3)20-25-10-13(2)19-24-6)9-16(12)26-17(11-22-4)18(21)23-5/h7-9,11H,10H2,1-6H3. The number of aryl methyl sites for hydroxylation is 1. The van der Waals surface area contributed by atoms with Crippen molar-refractivity contribution in [1.29, 1.82) is 0 Å². The summed E-state index contributed by atoms with van der Waals surface area (Å²) >= 11 is 0. The van der Waals surface area contributed by atoms with Crippen LogP contribution in [0.2, 0.25) is 0 Å². The van der Waals surface area contributed by atoms with E-state index in [4.69, 9.17) is 14.3 Å². The van der Waals surface area contributed by atoms with Gasteiger partial charge in [-0.05, 0) is 32.4 Å². The van der Waals surface area contributed by atoms with E-state index in [2.05, 4.69) is 19.9 Å². The van der Waals surface area contributed by atoms with Crippen LogP contribution in [0.15, 0.2) is 40.5 Å². The summed E-state index contributed by atoms with van der Waals surface area (Å²) in [6.45, 7) is 5.63. The fraction of sp³-hybridized carbons (Fsp3) is 0.389. The van der Waals surface area contributed by atoms with E-state index >= 15 is 0 Å². The van der Waals surface area contributed by atoms with Crippen molar-refractivity contribution >= 4 is 17.4 Å². The van der Waals surface area contributed by atoms with E-state index in [-0.39, 0.29) is 12.4 Å². The topological polar surface area (TPSA) is 87.9 Å². The molecule has 0 spiro atoms. The molecule has 0 aliphatic carbocycles. The van der Waals surface area contributed by atoms with E-state index in [1.165, 1.54) is 27.6 Å². The first kappa shape index (κ1) is 21.0. The van der Waals surface area contributed by atoms with Crippen molar-refractivity contribution in [2.75, 3.05) is 27.9 Å². The van der Waals surface area contributed by atoms with Crippen LogP contribution in [0.3, 0.4) is 0 Å². The van der Waals surface area contributed by atoms with Gasteiger partial charge >= 0.3 is 5.97 Å². The molecule has 0 N–H and O–H groups in total. The smallest absolute Gasteiger partial charge is 0.377 e. The quantitative estimate of drug-likeness (QED) is 0.220. The van der Waals surface area contributed by atoms with E-state index in [0.717, 1.165) is 11.1 Å². The van der Waals surface area contributed by atoms with Crippen LogP contribution in [-0.2, 0) is 23.9 Å². The van der Waals surface area contributed by atoms with Gasteiger partial charge in [-0.2, -0.15) is 0 Å². The van der Waals surface area contributed by atoms with Crippen LogP contribution < -0.4 is 4.74 Å². The highest BCUT2D eigenvalue weighted by atomic mass is 16.6. The molecule has 0 heterocycles. The molecule has 0 amide bonds. The monoisotopic (exact) mass is 364 g/mol. The highest BCUT2D eigenvalue weighted by Crippen LogP contribution is 2.23. The average Bonchev–Trinajstić information content (AvgIpc) is 2.62. The second-order valence-corrected chi connectivity index (χ2v) is 5.25. The summed E-state index contributed by atoms with van der Waals surface area (Å²) in [7, 11) is 4.15. The minimum Gasteiger partial charge on any atom is -0.500 e. The molecule has 8 heteroatoms. The van der Waals surface area contributed by atoms with Gasteiger partial charge < -0.3 is 23.9 Å². The van der Waals surface area contributed by atoms with Gasteiger partial charge in [0.2, 0.25) is 5.76 Å². The lowest BCUT2D eigenvalue weighted by molar-refractivity contribution is -0.138. The Kier molecular flexibility index (Phi) is 8.69. The molecule has 142 valence electrons. The predicted molar refractivity (Wildman–Crippen MR) is 97.2 cm³/mol. The zero-order valence-electron chi connectivity index (χ0n) is 15.9. The number of oxime groups is 2. The molecule has 1 aromatic carbocycles. The zero-order chi connectivity index (χ0) is 19.5. The number of ether oxygens (including phenoxy) is 3. The Hall–Kier alpha value is -3.03. The number of carbonyl (C=O) groups excluding carboxylic acids is 1. The fourth-order valence-corrected chi connectivity index (χ4v) is 1.83. The number of carbonyl (C=O) groups is 1. The maximum atomic E-state index is 11.7. The number of nitrogens with zero attached hydrogens (tertiary/aromatic N) is 2. The second-order valence-electron chi connectivity index (χ2n) is 5.25. The minimum atomic E-state index is -0.640. The van der Waals surface area contributed by atoms with Crippen molar-refractivity contribution in [3.63, 3.8) is 0 Å². The molecule has 0 fully saturated rings. The number of methoxy groups -OCH3 is 2. The summed E-state index contributed by atoms with van der Waals surface area (Å²) in [5.41, 5.74) is 2.89. The van der Waals surface area contributed by atoms with E-state index in [1.54, 1.807) is 19.9 Å². The van der Waals surface area contributed by atoms with Crippen LogP contribution in [0.1, 0.15) is 25.0 Å². The van der Waals surface area contributed by atoms with Crippen molar-refractivity contribution in [2.24, 2.45) is 10.3 Å². The number of esters is 1. The van der Waals surface area contributed by atoms with E-state index < -0.39 is 5.97 Å². The summed E-state index contributed by atoms with van der Waals surface area (Å²) in [6.07, 6.45) is 1.18. The molecule has 1 rings (SSSR count). The van der Waals surface area contributed by atoms with Gasteiger partial charge in [0.05, 0.1) is 25.6 Å². The molecule has 1 aromatic rings. The number of hydrogen-bond donors (Lipinski definition) is 0. The van der Waals surface area contributed by atoms with Crippen LogP contribution >= 0.6 is 0 Å². The van der Waals surface area contributed by atoms with Crippen LogP contribution in [-0.4, -0.2) is 45.3 Å². The third-order valence-electron chi connectivity index (χ3n) is 3.16. The molecule has 0 saturated heterocycles. The normalized spacial score (nSPS) is 12.5. The first-order chi connectivity index (χ1) is 12.4. The van der Waals surface area contributed by atoms with Gasteiger partial charge in [0.25, 0.3) is 0 Å². The molecule has 0 unspecified atom stereocenters. The molecular formula is C18H24N2O6. The van der Waals surface area contributed by atoms with Gasteiger partial charge in [0.15, 0.2) is 6.61 Å². The van der Waals surface area contributed by atoms with Gasteiger partial charge in [0.1, 0.15) is 19.1 Å². The summed E-state index contributed by atoms with van der Waals surface area (Å²) in [4.78, 5) is 21.6. The lowest BCUT2D eigenvalue weighted by atomic mass is 10.1. The maximum absolute atomic E-state index is 11.7. The third-order valence-corrected chi connectivity index (χ3v) is 3.16. The Bertz CT molecular complexity index is 710. The largest absolute Gasteiger partial charge is 0.500 e. The first-order valence-electron chi connectivity index (χ1n) is 7.76. The van der Waals surface area contributed by atoms with Gasteiger partial charge in [-0.3, -0.25) is 0 Å². The lowest BCUT2D eigenvalue weighted by Gasteiger charge is -2.12. The molecule has 0 bridgehead atoms. The molecular weight excluding hydrogens is 340 g/mol. The summed E-state index contributed by atoms with van der Waals surface area (Å²) in [5, 5.41) is 7.78. The van der Waals surface area contributed by atoms with Gasteiger partial charge in [-0.1, -0.05) is 22.4 Å². The second kappa shape index (κ2) is 10.8. The molecule has 0 atom stereocenters. The zero-order valence-corrected chi connectivity index (χ0v) is 15.9. The van der Waals surface area contributed by atoms with Gasteiger partial charge in [0, 0.05) is 5.56 Å². The summed E-state index contributed by atoms with van der Waals surface area (Å²) in [6, 6.07) is 5.47. The minimum absolute atomic E-state index is 0.0625. The number of hydrogen-bond acceptors (Lipinski definition) is 8. The number of rotatable bonds is 9. The Balaban J connectivity index is 2.96. The highest BCUT2D eigenvalue weighted by Gasteiger charge is 2.15. The molecule has 0 aliphatic rings. The van der Waals surface area contributed by atoms with Gasteiger partial charge in [-0.25, -0.2) is 4.79 Å². The predicted octanol–water partition coefficient (Wildman–Crippen LogP) is 2.80. The molecule has 0 aromatic heterocycles. The number of benzene rings is 1. The Morgan fingerprint density at radius 1 is 1.15 bits per heavy atom. The van der Waals surface area contributed by atoms with Crippen molar-refractivity contribution in [2.45, 2.75) is 20.8 Å².